The summed E-state index contributed by atoms with van der Waals surface area (Å²) in [5, 5.41) is 10.2. The average Bonchev–Trinajstić information content (AvgIpc) is 3.51. The van der Waals surface area contributed by atoms with Gasteiger partial charge in [0.1, 0.15) is 17.2 Å². The van der Waals surface area contributed by atoms with Crippen molar-refractivity contribution in [1.82, 2.24) is 5.32 Å². The highest BCUT2D eigenvalue weighted by Gasteiger charge is 2.19. The number of hydrogen-bond acceptors (Lipinski definition) is 7. The van der Waals surface area contributed by atoms with Crippen molar-refractivity contribution >= 4 is 69.9 Å². The summed E-state index contributed by atoms with van der Waals surface area (Å²) in [6, 6.07) is 22.7. The van der Waals surface area contributed by atoms with Crippen molar-refractivity contribution in [2.24, 2.45) is 0 Å². The van der Waals surface area contributed by atoms with E-state index < -0.39 is 11.2 Å². The van der Waals surface area contributed by atoms with E-state index in [1.807, 2.05) is 23.6 Å². The monoisotopic (exact) mass is 621 g/mol. The maximum absolute atomic E-state index is 13.2. The lowest BCUT2D eigenvalue weighted by Gasteiger charge is -2.16. The van der Waals surface area contributed by atoms with Gasteiger partial charge in [0.2, 0.25) is 5.91 Å². The molecule has 0 aliphatic rings. The van der Waals surface area contributed by atoms with Crippen molar-refractivity contribution in [3.63, 3.8) is 0 Å². The standard InChI is InChI=1S/C31H28ClN3O5S2/c1-19(29(36)34-25-17-24(32)27(39-2)18-28(25)40-3)42-22-13-11-21(12-14-22)33-31(38)26(16-23-10-7-15-41-23)35-30(37)20-8-5-4-6-9-20/h4-19H,1-3H3,(H,33,38)(H,34,36)(H,35,37)/b26-16-. The first-order chi connectivity index (χ1) is 20.3. The van der Waals surface area contributed by atoms with Crippen molar-refractivity contribution < 1.29 is 23.9 Å². The summed E-state index contributed by atoms with van der Waals surface area (Å²) in [5.74, 6) is -0.229. The zero-order valence-corrected chi connectivity index (χ0v) is 25.4. The molecule has 0 saturated carbocycles. The molecular weight excluding hydrogens is 594 g/mol. The maximum atomic E-state index is 13.2. The largest absolute Gasteiger partial charge is 0.495 e. The number of thiophene rings is 1. The minimum atomic E-state index is -0.465. The van der Waals surface area contributed by atoms with Crippen LogP contribution in [-0.2, 0) is 9.59 Å². The average molecular weight is 622 g/mol. The summed E-state index contributed by atoms with van der Waals surface area (Å²) < 4.78 is 10.6. The van der Waals surface area contributed by atoms with Crippen LogP contribution in [0.5, 0.6) is 11.5 Å². The van der Waals surface area contributed by atoms with Crippen LogP contribution in [0.1, 0.15) is 22.2 Å². The topological polar surface area (TPSA) is 106 Å². The Kier molecular flexibility index (Phi) is 10.7. The summed E-state index contributed by atoms with van der Waals surface area (Å²) in [6.45, 7) is 1.78. The summed E-state index contributed by atoms with van der Waals surface area (Å²) in [5.41, 5.74) is 1.52. The fourth-order valence-electron chi connectivity index (χ4n) is 3.72. The third-order valence-corrected chi connectivity index (χ3v) is 8.11. The Bertz CT molecular complexity index is 1580. The molecular formula is C31H28ClN3O5S2. The minimum absolute atomic E-state index is 0.115. The first kappa shape index (κ1) is 30.7. The normalized spacial score (nSPS) is 11.8. The number of rotatable bonds is 11. The third kappa shape index (κ3) is 8.16. The lowest BCUT2D eigenvalue weighted by atomic mass is 10.2. The van der Waals surface area contributed by atoms with Crippen LogP contribution in [-0.4, -0.2) is 37.2 Å². The van der Waals surface area contributed by atoms with Crippen molar-refractivity contribution in [3.05, 3.63) is 105 Å². The van der Waals surface area contributed by atoms with E-state index in [1.165, 1.54) is 37.3 Å². The van der Waals surface area contributed by atoms with Crippen LogP contribution in [0.25, 0.3) is 6.08 Å². The van der Waals surface area contributed by atoms with Gasteiger partial charge in [-0.3, -0.25) is 14.4 Å². The number of anilines is 2. The van der Waals surface area contributed by atoms with Crippen molar-refractivity contribution in [1.29, 1.82) is 0 Å². The van der Waals surface area contributed by atoms with Gasteiger partial charge in [-0.1, -0.05) is 35.9 Å². The van der Waals surface area contributed by atoms with E-state index in [1.54, 1.807) is 73.7 Å². The molecule has 3 amide bonds. The molecule has 0 saturated heterocycles. The number of halogens is 1. The van der Waals surface area contributed by atoms with E-state index in [0.29, 0.717) is 33.5 Å². The second-order valence-electron chi connectivity index (χ2n) is 8.81. The Morgan fingerprint density at radius 2 is 1.62 bits per heavy atom. The summed E-state index contributed by atoms with van der Waals surface area (Å²) >= 11 is 9.02. The number of ether oxygens (including phenoxy) is 2. The van der Waals surface area contributed by atoms with Gasteiger partial charge in [-0.05, 0) is 66.9 Å². The van der Waals surface area contributed by atoms with Crippen LogP contribution >= 0.6 is 34.7 Å². The fraction of sp³-hybridized carbons (Fsp3) is 0.129. The molecule has 4 aromatic rings. The molecule has 0 radical (unpaired) electrons. The number of carbonyl (C=O) groups excluding carboxylic acids is 3. The van der Waals surface area contributed by atoms with Gasteiger partial charge < -0.3 is 25.4 Å². The molecule has 0 aliphatic carbocycles. The quantitative estimate of drug-likeness (QED) is 0.124. The van der Waals surface area contributed by atoms with Gasteiger partial charge >= 0.3 is 0 Å². The van der Waals surface area contributed by atoms with E-state index in [9.17, 15) is 14.4 Å². The third-order valence-electron chi connectivity index (χ3n) is 5.88. The molecule has 11 heteroatoms. The van der Waals surface area contributed by atoms with Crippen molar-refractivity contribution in [3.8, 4) is 11.5 Å². The Balaban J connectivity index is 1.40. The minimum Gasteiger partial charge on any atom is -0.495 e. The Labute approximate surface area is 257 Å². The van der Waals surface area contributed by atoms with Crippen molar-refractivity contribution in [2.75, 3.05) is 24.9 Å². The molecule has 0 spiro atoms. The lowest BCUT2D eigenvalue weighted by molar-refractivity contribution is -0.115. The molecule has 3 aromatic carbocycles. The number of carbonyl (C=O) groups is 3. The van der Waals surface area contributed by atoms with Crippen LogP contribution in [0.4, 0.5) is 11.4 Å². The van der Waals surface area contributed by atoms with Crippen LogP contribution in [0.15, 0.2) is 94.8 Å². The van der Waals surface area contributed by atoms with Gasteiger partial charge in [-0.15, -0.1) is 23.1 Å². The molecule has 1 aromatic heterocycles. The summed E-state index contributed by atoms with van der Waals surface area (Å²) in [6.07, 6.45) is 1.64. The zero-order valence-electron chi connectivity index (χ0n) is 23.0. The second kappa shape index (κ2) is 14.6. The first-order valence-electron chi connectivity index (χ1n) is 12.7. The highest BCUT2D eigenvalue weighted by molar-refractivity contribution is 8.00. The van der Waals surface area contributed by atoms with E-state index >= 15 is 0 Å². The van der Waals surface area contributed by atoms with E-state index in [4.69, 9.17) is 21.1 Å². The molecule has 3 N–H and O–H groups in total. The maximum Gasteiger partial charge on any atom is 0.272 e. The molecule has 8 nitrogen and oxygen atoms in total. The van der Waals surface area contributed by atoms with Crippen LogP contribution < -0.4 is 25.4 Å². The fourth-order valence-corrected chi connectivity index (χ4v) is 5.49. The molecule has 0 bridgehead atoms. The van der Waals surface area contributed by atoms with Gasteiger partial charge in [-0.2, -0.15) is 0 Å². The Morgan fingerprint density at radius 1 is 0.905 bits per heavy atom. The molecule has 216 valence electrons. The van der Waals surface area contributed by atoms with Gasteiger partial charge in [0.05, 0.1) is 30.2 Å². The zero-order chi connectivity index (χ0) is 30.1. The van der Waals surface area contributed by atoms with Gasteiger partial charge in [0.15, 0.2) is 0 Å². The van der Waals surface area contributed by atoms with Crippen LogP contribution in [0.3, 0.4) is 0 Å². The Hall–Kier alpha value is -4.25. The highest BCUT2D eigenvalue weighted by Crippen LogP contribution is 2.36. The number of nitrogens with one attached hydrogen (secondary N) is 3. The van der Waals surface area contributed by atoms with Crippen LogP contribution in [0, 0.1) is 0 Å². The number of methoxy groups -OCH3 is 2. The Morgan fingerprint density at radius 3 is 2.26 bits per heavy atom. The molecule has 1 atom stereocenters. The van der Waals surface area contributed by atoms with Gasteiger partial charge in [0, 0.05) is 27.1 Å². The predicted octanol–water partition coefficient (Wildman–Crippen LogP) is 6.95. The van der Waals surface area contributed by atoms with E-state index in [2.05, 4.69) is 16.0 Å². The SMILES string of the molecule is COc1cc(OC)c(NC(=O)C(C)Sc2ccc(NC(=O)/C(=C/c3cccs3)NC(=O)c3ccccc3)cc2)cc1Cl. The van der Waals surface area contributed by atoms with Crippen LogP contribution in [0.2, 0.25) is 5.02 Å². The molecule has 0 aliphatic heterocycles. The lowest BCUT2D eigenvalue weighted by Crippen LogP contribution is -2.30. The predicted molar refractivity (Wildman–Crippen MR) is 170 cm³/mol. The summed E-state index contributed by atoms with van der Waals surface area (Å²) in [7, 11) is 2.99. The number of thioether (sulfide) groups is 1. The number of benzene rings is 3. The summed E-state index contributed by atoms with van der Waals surface area (Å²) in [4.78, 5) is 40.5. The number of hydrogen-bond donors (Lipinski definition) is 3. The number of amides is 3. The first-order valence-corrected chi connectivity index (χ1v) is 14.8. The van der Waals surface area contributed by atoms with E-state index in [-0.39, 0.29) is 17.5 Å². The van der Waals surface area contributed by atoms with Gasteiger partial charge in [0.25, 0.3) is 11.8 Å². The molecule has 4 rings (SSSR count). The van der Waals surface area contributed by atoms with Gasteiger partial charge in [-0.25, -0.2) is 0 Å². The highest BCUT2D eigenvalue weighted by atomic mass is 35.5. The van der Waals surface area contributed by atoms with E-state index in [0.717, 1.165) is 9.77 Å². The molecule has 0 fully saturated rings. The smallest absolute Gasteiger partial charge is 0.272 e. The van der Waals surface area contributed by atoms with Crippen molar-refractivity contribution in [2.45, 2.75) is 17.1 Å². The molecule has 1 unspecified atom stereocenters. The molecule has 42 heavy (non-hydrogen) atoms. The second-order valence-corrected chi connectivity index (χ2v) is 11.6. The molecule has 1 heterocycles.